The molecule has 76 valence electrons. The number of carbonyl (C=O) groups excluding carboxylic acids is 1. The Morgan fingerprint density at radius 3 is 2.50 bits per heavy atom. The maximum Gasteiger partial charge on any atom is 0.168 e. The first kappa shape index (κ1) is 10.5. The topological polar surface area (TPSA) is 17.1 Å². The van der Waals surface area contributed by atoms with E-state index < -0.39 is 0 Å². The van der Waals surface area contributed by atoms with Gasteiger partial charge in [0, 0.05) is 11.5 Å². The van der Waals surface area contributed by atoms with Gasteiger partial charge in [0.25, 0.3) is 0 Å². The molecule has 0 unspecified atom stereocenters. The summed E-state index contributed by atoms with van der Waals surface area (Å²) >= 11 is 13.0. The van der Waals surface area contributed by atoms with Gasteiger partial charge >= 0.3 is 0 Å². The van der Waals surface area contributed by atoms with Crippen molar-refractivity contribution in [1.29, 1.82) is 0 Å². The molecular formula is C10H10Cl2OS. The minimum absolute atomic E-state index is 0.177. The predicted molar refractivity (Wildman–Crippen MR) is 60.6 cm³/mol. The van der Waals surface area contributed by atoms with Gasteiger partial charge in [-0.25, -0.2) is 0 Å². The van der Waals surface area contributed by atoms with E-state index in [2.05, 4.69) is 0 Å². The van der Waals surface area contributed by atoms with Crippen LogP contribution in [0.15, 0.2) is 6.07 Å². The van der Waals surface area contributed by atoms with Crippen molar-refractivity contribution in [1.82, 2.24) is 0 Å². The van der Waals surface area contributed by atoms with Crippen molar-refractivity contribution in [2.75, 3.05) is 0 Å². The van der Waals surface area contributed by atoms with Crippen LogP contribution in [0.2, 0.25) is 8.67 Å². The smallest absolute Gasteiger partial charge is 0.168 e. The summed E-state index contributed by atoms with van der Waals surface area (Å²) in [6, 6.07) is 1.69. The van der Waals surface area contributed by atoms with E-state index in [-0.39, 0.29) is 11.7 Å². The van der Waals surface area contributed by atoms with E-state index >= 15 is 0 Å². The molecule has 0 N–H and O–H groups in total. The molecule has 0 radical (unpaired) electrons. The Bertz CT molecular complexity index is 353. The number of halogens is 2. The molecule has 1 aliphatic carbocycles. The maximum atomic E-state index is 11.9. The lowest BCUT2D eigenvalue weighted by Gasteiger charge is -2.05. The van der Waals surface area contributed by atoms with Gasteiger partial charge in [-0.3, -0.25) is 4.79 Å². The summed E-state index contributed by atoms with van der Waals surface area (Å²) in [5.74, 6) is 0.355. The lowest BCUT2D eigenvalue weighted by molar-refractivity contribution is 0.0923. The fourth-order valence-corrected chi connectivity index (χ4v) is 3.39. The summed E-state index contributed by atoms with van der Waals surface area (Å²) in [5, 5.41) is 0. The van der Waals surface area contributed by atoms with Crippen molar-refractivity contribution in [3.63, 3.8) is 0 Å². The van der Waals surface area contributed by atoms with Gasteiger partial charge in [-0.15, -0.1) is 11.3 Å². The summed E-state index contributed by atoms with van der Waals surface area (Å²) in [6.45, 7) is 0. The third kappa shape index (κ3) is 1.97. The first-order chi connectivity index (χ1) is 6.68. The van der Waals surface area contributed by atoms with Crippen LogP contribution in [0.4, 0.5) is 0 Å². The summed E-state index contributed by atoms with van der Waals surface area (Å²) in [6.07, 6.45) is 4.32. The number of ketones is 1. The van der Waals surface area contributed by atoms with Crippen LogP contribution in [0.3, 0.4) is 0 Å². The highest BCUT2D eigenvalue weighted by Crippen LogP contribution is 2.36. The Morgan fingerprint density at radius 2 is 2.00 bits per heavy atom. The van der Waals surface area contributed by atoms with Gasteiger partial charge in [-0.2, -0.15) is 0 Å². The average Bonchev–Trinajstić information content (AvgIpc) is 2.73. The minimum Gasteiger partial charge on any atom is -0.294 e. The monoisotopic (exact) mass is 248 g/mol. The van der Waals surface area contributed by atoms with Crippen LogP contribution >= 0.6 is 34.5 Å². The Kier molecular flexibility index (Phi) is 3.15. The van der Waals surface area contributed by atoms with Crippen LogP contribution in [-0.4, -0.2) is 5.78 Å². The van der Waals surface area contributed by atoms with Gasteiger partial charge in [0.2, 0.25) is 0 Å². The van der Waals surface area contributed by atoms with E-state index in [9.17, 15) is 4.79 Å². The molecule has 2 rings (SSSR count). The zero-order chi connectivity index (χ0) is 10.1. The first-order valence-corrected chi connectivity index (χ1v) is 6.25. The molecule has 1 aromatic heterocycles. The van der Waals surface area contributed by atoms with Gasteiger partial charge in [-0.1, -0.05) is 36.0 Å². The van der Waals surface area contributed by atoms with Crippen molar-refractivity contribution >= 4 is 40.3 Å². The van der Waals surface area contributed by atoms with Crippen molar-refractivity contribution in [3.05, 3.63) is 20.3 Å². The molecule has 0 spiro atoms. The summed E-state index contributed by atoms with van der Waals surface area (Å²) < 4.78 is 1.13. The van der Waals surface area contributed by atoms with Gasteiger partial charge in [0.15, 0.2) is 5.78 Å². The molecule has 14 heavy (non-hydrogen) atoms. The maximum absolute atomic E-state index is 11.9. The molecular weight excluding hydrogens is 239 g/mol. The van der Waals surface area contributed by atoms with Crippen LogP contribution in [-0.2, 0) is 0 Å². The number of carbonyl (C=O) groups is 1. The normalized spacial score (nSPS) is 17.6. The third-order valence-electron chi connectivity index (χ3n) is 2.65. The number of rotatable bonds is 2. The van der Waals surface area contributed by atoms with E-state index in [0.29, 0.717) is 14.2 Å². The minimum atomic E-state index is 0.177. The van der Waals surface area contributed by atoms with E-state index in [1.165, 1.54) is 11.3 Å². The molecule has 0 aliphatic heterocycles. The molecule has 0 bridgehead atoms. The van der Waals surface area contributed by atoms with Crippen molar-refractivity contribution < 1.29 is 4.79 Å². The molecule has 4 heteroatoms. The highest BCUT2D eigenvalue weighted by molar-refractivity contribution is 7.20. The molecule has 0 saturated heterocycles. The Hall–Kier alpha value is -0.0500. The zero-order valence-electron chi connectivity index (χ0n) is 7.56. The van der Waals surface area contributed by atoms with Gasteiger partial charge in [0.1, 0.15) is 4.34 Å². The van der Waals surface area contributed by atoms with Crippen LogP contribution in [0.5, 0.6) is 0 Å². The molecule has 0 atom stereocenters. The molecule has 1 heterocycles. The van der Waals surface area contributed by atoms with Gasteiger partial charge in [-0.05, 0) is 18.9 Å². The summed E-state index contributed by atoms with van der Waals surface area (Å²) in [4.78, 5) is 11.9. The fourth-order valence-electron chi connectivity index (χ4n) is 1.92. The largest absolute Gasteiger partial charge is 0.294 e. The van der Waals surface area contributed by atoms with Crippen LogP contribution in [0.1, 0.15) is 36.0 Å². The second-order valence-corrected chi connectivity index (χ2v) is 5.87. The second kappa shape index (κ2) is 4.21. The van der Waals surface area contributed by atoms with Crippen molar-refractivity contribution in [2.45, 2.75) is 25.7 Å². The SMILES string of the molecule is O=C(c1cc(Cl)sc1Cl)C1CCCC1. The van der Waals surface area contributed by atoms with Crippen molar-refractivity contribution in [2.24, 2.45) is 5.92 Å². The quantitative estimate of drug-likeness (QED) is 0.708. The number of hydrogen-bond acceptors (Lipinski definition) is 2. The Labute approximate surface area is 97.0 Å². The summed E-state index contributed by atoms with van der Waals surface area (Å²) in [7, 11) is 0. The Balaban J connectivity index is 2.21. The van der Waals surface area contributed by atoms with E-state index in [0.717, 1.165) is 25.7 Å². The van der Waals surface area contributed by atoms with Crippen LogP contribution in [0, 0.1) is 5.92 Å². The predicted octanol–water partition coefficient (Wildman–Crippen LogP) is 4.43. The van der Waals surface area contributed by atoms with Crippen LogP contribution < -0.4 is 0 Å². The van der Waals surface area contributed by atoms with Crippen molar-refractivity contribution in [3.8, 4) is 0 Å². The molecule has 1 saturated carbocycles. The molecule has 1 fully saturated rings. The molecule has 1 nitrogen and oxygen atoms in total. The lowest BCUT2D eigenvalue weighted by Crippen LogP contribution is -2.10. The highest BCUT2D eigenvalue weighted by atomic mass is 35.5. The number of Topliss-reactive ketones (excluding diaryl/α,β-unsaturated/α-hetero) is 1. The van der Waals surface area contributed by atoms with Gasteiger partial charge < -0.3 is 0 Å². The molecule has 1 aliphatic rings. The third-order valence-corrected chi connectivity index (χ3v) is 4.14. The second-order valence-electron chi connectivity index (χ2n) is 3.58. The van der Waals surface area contributed by atoms with Gasteiger partial charge in [0.05, 0.1) is 4.34 Å². The van der Waals surface area contributed by atoms with E-state index in [4.69, 9.17) is 23.2 Å². The van der Waals surface area contributed by atoms with E-state index in [1.54, 1.807) is 6.07 Å². The van der Waals surface area contributed by atoms with Crippen LogP contribution in [0.25, 0.3) is 0 Å². The van der Waals surface area contributed by atoms with E-state index in [1.807, 2.05) is 0 Å². The first-order valence-electron chi connectivity index (χ1n) is 4.67. The molecule has 0 aromatic carbocycles. The molecule has 0 amide bonds. The number of hydrogen-bond donors (Lipinski definition) is 0. The zero-order valence-corrected chi connectivity index (χ0v) is 9.88. The average molecular weight is 249 g/mol. The Morgan fingerprint density at radius 1 is 1.36 bits per heavy atom. The fraction of sp³-hybridized carbons (Fsp3) is 0.500. The lowest BCUT2D eigenvalue weighted by atomic mass is 9.98. The highest BCUT2D eigenvalue weighted by Gasteiger charge is 2.26. The standard InChI is InChI=1S/C10H10Cl2OS/c11-8-5-7(10(12)14-8)9(13)6-3-1-2-4-6/h5-6H,1-4H2. The molecule has 1 aromatic rings. The number of thiophene rings is 1. The summed E-state index contributed by atoms with van der Waals surface area (Å²) in [5.41, 5.74) is 0.619.